The van der Waals surface area contributed by atoms with Gasteiger partial charge in [0.25, 0.3) is 5.91 Å². The van der Waals surface area contributed by atoms with Crippen LogP contribution in [0.5, 0.6) is 0 Å². The molecule has 0 aliphatic carbocycles. The predicted molar refractivity (Wildman–Crippen MR) is 79.2 cm³/mol. The first-order valence-corrected chi connectivity index (χ1v) is 7.03. The standard InChI is InChI=1S/C14H19NO4S/c1-10-9-12(20-11(10)5-6-13(16)17)14(18)15(2)7-4-8-19-3/h5-6,9H,4,7-8H2,1-3H3,(H,16,17)/b6-5+. The third-order valence-electron chi connectivity index (χ3n) is 2.73. The number of nitrogens with zero attached hydrogens (tertiary/aromatic N) is 1. The van der Waals surface area contributed by atoms with E-state index in [0.29, 0.717) is 18.0 Å². The molecule has 0 saturated carbocycles. The molecule has 0 atom stereocenters. The van der Waals surface area contributed by atoms with Crippen molar-refractivity contribution in [3.05, 3.63) is 27.5 Å². The Kier molecular flexibility index (Phi) is 6.41. The zero-order valence-corrected chi connectivity index (χ0v) is 12.7. The van der Waals surface area contributed by atoms with Crippen molar-refractivity contribution in [2.24, 2.45) is 0 Å². The fourth-order valence-electron chi connectivity index (χ4n) is 1.65. The monoisotopic (exact) mass is 297 g/mol. The van der Waals surface area contributed by atoms with Gasteiger partial charge in [-0.05, 0) is 31.1 Å². The summed E-state index contributed by atoms with van der Waals surface area (Å²) >= 11 is 1.30. The summed E-state index contributed by atoms with van der Waals surface area (Å²) in [4.78, 5) is 25.8. The molecule has 0 saturated heterocycles. The number of rotatable bonds is 7. The second-order valence-electron chi connectivity index (χ2n) is 4.40. The van der Waals surface area contributed by atoms with Crippen molar-refractivity contribution >= 4 is 29.3 Å². The summed E-state index contributed by atoms with van der Waals surface area (Å²) in [6, 6.07) is 1.79. The summed E-state index contributed by atoms with van der Waals surface area (Å²) in [5, 5.41) is 8.62. The van der Waals surface area contributed by atoms with Gasteiger partial charge in [0.05, 0.1) is 4.88 Å². The molecule has 0 aliphatic heterocycles. The number of aliphatic carboxylic acids is 1. The maximum atomic E-state index is 12.2. The average Bonchev–Trinajstić information content (AvgIpc) is 2.77. The third-order valence-corrected chi connectivity index (χ3v) is 3.92. The molecule has 1 N–H and O–H groups in total. The summed E-state index contributed by atoms with van der Waals surface area (Å²) in [5.41, 5.74) is 0.904. The lowest BCUT2D eigenvalue weighted by Crippen LogP contribution is -2.27. The van der Waals surface area contributed by atoms with Crippen molar-refractivity contribution < 1.29 is 19.4 Å². The molecule has 110 valence electrons. The molecule has 1 rings (SSSR count). The van der Waals surface area contributed by atoms with Crippen molar-refractivity contribution in [2.75, 3.05) is 27.3 Å². The van der Waals surface area contributed by atoms with Crippen LogP contribution in [0, 0.1) is 6.92 Å². The Hall–Kier alpha value is -1.66. The van der Waals surface area contributed by atoms with E-state index in [0.717, 1.165) is 22.9 Å². The number of thiophene rings is 1. The second kappa shape index (κ2) is 7.81. The van der Waals surface area contributed by atoms with E-state index < -0.39 is 5.97 Å². The summed E-state index contributed by atoms with van der Waals surface area (Å²) in [5.74, 6) is -1.05. The Labute approximate surface area is 122 Å². The van der Waals surface area contributed by atoms with Crippen molar-refractivity contribution in [3.63, 3.8) is 0 Å². The summed E-state index contributed by atoms with van der Waals surface area (Å²) < 4.78 is 4.96. The second-order valence-corrected chi connectivity index (χ2v) is 5.49. The largest absolute Gasteiger partial charge is 0.478 e. The number of hydrogen-bond donors (Lipinski definition) is 1. The lowest BCUT2D eigenvalue weighted by atomic mass is 10.2. The number of amides is 1. The molecule has 0 bridgehead atoms. The van der Waals surface area contributed by atoms with Crippen LogP contribution in [-0.4, -0.2) is 49.2 Å². The number of methoxy groups -OCH3 is 1. The summed E-state index contributed by atoms with van der Waals surface area (Å²) in [6.07, 6.45) is 3.38. The van der Waals surface area contributed by atoms with E-state index in [1.54, 1.807) is 25.1 Å². The van der Waals surface area contributed by atoms with Crippen LogP contribution < -0.4 is 0 Å². The Morgan fingerprint density at radius 2 is 2.20 bits per heavy atom. The number of carbonyl (C=O) groups excluding carboxylic acids is 1. The van der Waals surface area contributed by atoms with Crippen molar-refractivity contribution in [1.82, 2.24) is 4.90 Å². The van der Waals surface area contributed by atoms with Gasteiger partial charge in [0.15, 0.2) is 0 Å². The fraction of sp³-hybridized carbons (Fsp3) is 0.429. The highest BCUT2D eigenvalue weighted by Crippen LogP contribution is 2.24. The van der Waals surface area contributed by atoms with Gasteiger partial charge in [-0.1, -0.05) is 0 Å². The normalized spacial score (nSPS) is 10.9. The minimum atomic E-state index is -0.998. The predicted octanol–water partition coefficient (Wildman–Crippen LogP) is 2.26. The van der Waals surface area contributed by atoms with Gasteiger partial charge < -0.3 is 14.7 Å². The molecule has 1 heterocycles. The molecule has 6 heteroatoms. The number of carbonyl (C=O) groups is 2. The van der Waals surface area contributed by atoms with Gasteiger partial charge in [-0.2, -0.15) is 0 Å². The van der Waals surface area contributed by atoms with Crippen molar-refractivity contribution in [3.8, 4) is 0 Å². The topological polar surface area (TPSA) is 66.8 Å². The van der Waals surface area contributed by atoms with Crippen LogP contribution >= 0.6 is 11.3 Å². The Balaban J connectivity index is 2.74. The summed E-state index contributed by atoms with van der Waals surface area (Å²) in [7, 11) is 3.38. The first-order valence-electron chi connectivity index (χ1n) is 6.21. The maximum Gasteiger partial charge on any atom is 0.328 e. The number of aryl methyl sites for hydroxylation is 1. The fourth-order valence-corrected chi connectivity index (χ4v) is 2.72. The number of ether oxygens (including phenoxy) is 1. The van der Waals surface area contributed by atoms with E-state index in [4.69, 9.17) is 9.84 Å². The zero-order chi connectivity index (χ0) is 15.1. The number of carboxylic acid groups (broad SMARTS) is 1. The van der Waals surface area contributed by atoms with Crippen LogP contribution in [0.25, 0.3) is 6.08 Å². The Morgan fingerprint density at radius 1 is 1.50 bits per heavy atom. The molecular formula is C14H19NO4S. The molecule has 5 nitrogen and oxygen atoms in total. The van der Waals surface area contributed by atoms with E-state index >= 15 is 0 Å². The molecule has 0 radical (unpaired) electrons. The SMILES string of the molecule is COCCCN(C)C(=O)c1cc(C)c(/C=C/C(=O)O)s1. The lowest BCUT2D eigenvalue weighted by molar-refractivity contribution is -0.131. The van der Waals surface area contributed by atoms with Crippen LogP contribution in [-0.2, 0) is 9.53 Å². The van der Waals surface area contributed by atoms with Crippen LogP contribution in [0.2, 0.25) is 0 Å². The molecule has 0 spiro atoms. The first kappa shape index (κ1) is 16.4. The molecule has 1 aromatic rings. The third kappa shape index (κ3) is 4.79. The van der Waals surface area contributed by atoms with Gasteiger partial charge in [-0.15, -0.1) is 11.3 Å². The minimum Gasteiger partial charge on any atom is -0.478 e. The van der Waals surface area contributed by atoms with Crippen LogP contribution in [0.3, 0.4) is 0 Å². The van der Waals surface area contributed by atoms with Crippen LogP contribution in [0.15, 0.2) is 12.1 Å². The van der Waals surface area contributed by atoms with Crippen molar-refractivity contribution in [2.45, 2.75) is 13.3 Å². The van der Waals surface area contributed by atoms with Gasteiger partial charge in [-0.25, -0.2) is 4.79 Å². The molecule has 0 aromatic carbocycles. The highest BCUT2D eigenvalue weighted by molar-refractivity contribution is 7.15. The molecule has 0 aliphatic rings. The Bertz CT molecular complexity index is 507. The van der Waals surface area contributed by atoms with Gasteiger partial charge in [0.2, 0.25) is 0 Å². The van der Waals surface area contributed by atoms with E-state index in [-0.39, 0.29) is 5.91 Å². The van der Waals surface area contributed by atoms with Gasteiger partial charge in [-0.3, -0.25) is 4.79 Å². The molecule has 0 unspecified atom stereocenters. The van der Waals surface area contributed by atoms with E-state index in [1.165, 1.54) is 17.4 Å². The molecule has 1 aromatic heterocycles. The van der Waals surface area contributed by atoms with Gasteiger partial charge in [0, 0.05) is 38.3 Å². The van der Waals surface area contributed by atoms with Gasteiger partial charge in [0.1, 0.15) is 0 Å². The highest BCUT2D eigenvalue weighted by Gasteiger charge is 2.15. The first-order chi connectivity index (χ1) is 9.45. The number of carboxylic acids is 1. The molecule has 0 fully saturated rings. The highest BCUT2D eigenvalue weighted by atomic mass is 32.1. The van der Waals surface area contributed by atoms with E-state index in [2.05, 4.69) is 0 Å². The number of hydrogen-bond acceptors (Lipinski definition) is 4. The zero-order valence-electron chi connectivity index (χ0n) is 11.9. The van der Waals surface area contributed by atoms with E-state index in [1.807, 2.05) is 6.92 Å². The maximum absolute atomic E-state index is 12.2. The van der Waals surface area contributed by atoms with Crippen molar-refractivity contribution in [1.29, 1.82) is 0 Å². The van der Waals surface area contributed by atoms with Crippen LogP contribution in [0.4, 0.5) is 0 Å². The molecule has 1 amide bonds. The van der Waals surface area contributed by atoms with E-state index in [9.17, 15) is 9.59 Å². The lowest BCUT2D eigenvalue weighted by Gasteiger charge is -2.15. The minimum absolute atomic E-state index is 0.0517. The molecule has 20 heavy (non-hydrogen) atoms. The quantitative estimate of drug-likeness (QED) is 0.619. The van der Waals surface area contributed by atoms with Gasteiger partial charge >= 0.3 is 5.97 Å². The smallest absolute Gasteiger partial charge is 0.328 e. The average molecular weight is 297 g/mol. The molecular weight excluding hydrogens is 278 g/mol. The summed E-state index contributed by atoms with van der Waals surface area (Å²) in [6.45, 7) is 3.11. The Morgan fingerprint density at radius 3 is 2.80 bits per heavy atom. The van der Waals surface area contributed by atoms with Crippen LogP contribution in [0.1, 0.15) is 26.5 Å².